The molecule has 17 heavy (non-hydrogen) atoms. The minimum Gasteiger partial charge on any atom is -0.468 e. The van der Waals surface area contributed by atoms with Crippen LogP contribution in [0.15, 0.2) is 35.2 Å². The van der Waals surface area contributed by atoms with Crippen molar-refractivity contribution in [2.45, 2.75) is 20.0 Å². The van der Waals surface area contributed by atoms with Gasteiger partial charge in [-0.05, 0) is 18.7 Å². The minimum atomic E-state index is 0.707. The Kier molecular flexibility index (Phi) is 3.82. The van der Waals surface area contributed by atoms with Crippen molar-refractivity contribution in [1.29, 1.82) is 0 Å². The summed E-state index contributed by atoms with van der Waals surface area (Å²) in [6.45, 7) is 5.72. The first kappa shape index (κ1) is 11.7. The zero-order chi connectivity index (χ0) is 12.1. The van der Waals surface area contributed by atoms with Crippen molar-refractivity contribution in [1.82, 2.24) is 14.7 Å². The Morgan fingerprint density at radius 2 is 2.41 bits per heavy atom. The largest absolute Gasteiger partial charge is 0.468 e. The average Bonchev–Trinajstić information content (AvgIpc) is 2.96. The smallest absolute Gasteiger partial charge is 0.117 e. The van der Waals surface area contributed by atoms with Gasteiger partial charge < -0.3 is 10.2 Å². The molecule has 0 radical (unpaired) electrons. The molecule has 0 spiro atoms. The lowest BCUT2D eigenvalue weighted by Crippen LogP contribution is -2.26. The molecule has 2 aromatic rings. The minimum absolute atomic E-state index is 0.707. The first-order valence-electron chi connectivity index (χ1n) is 5.80. The fourth-order valence-corrected chi connectivity index (χ4v) is 1.72. The molecule has 0 unspecified atom stereocenters. The van der Waals surface area contributed by atoms with Crippen LogP contribution in [0.25, 0.3) is 0 Å². The summed E-state index contributed by atoms with van der Waals surface area (Å²) in [4.78, 5) is 2.30. The summed E-state index contributed by atoms with van der Waals surface area (Å²) in [5.74, 6) is 0.992. The van der Waals surface area contributed by atoms with Gasteiger partial charge in [-0.1, -0.05) is 6.92 Å². The van der Waals surface area contributed by atoms with Crippen LogP contribution in [0.3, 0.4) is 0 Å². The third-order valence-corrected chi connectivity index (χ3v) is 2.71. The molecule has 0 aliphatic rings. The highest BCUT2D eigenvalue weighted by molar-refractivity contribution is 5.30. The predicted molar refractivity (Wildman–Crippen MR) is 66.3 cm³/mol. The SMILES string of the molecule is CCN(CCn1cc(N)cn1)Cc1ccco1. The van der Waals surface area contributed by atoms with E-state index in [1.165, 1.54) is 0 Å². The Labute approximate surface area is 101 Å². The topological polar surface area (TPSA) is 60.2 Å². The Hall–Kier alpha value is -1.75. The molecule has 2 aromatic heterocycles. The second-order valence-electron chi connectivity index (χ2n) is 3.98. The van der Waals surface area contributed by atoms with E-state index in [4.69, 9.17) is 10.2 Å². The van der Waals surface area contributed by atoms with Gasteiger partial charge in [0, 0.05) is 12.7 Å². The molecule has 0 aliphatic carbocycles. The average molecular weight is 234 g/mol. The van der Waals surface area contributed by atoms with Crippen molar-refractivity contribution in [2.24, 2.45) is 0 Å². The van der Waals surface area contributed by atoms with Crippen LogP contribution in [-0.2, 0) is 13.1 Å². The predicted octanol–water partition coefficient (Wildman–Crippen LogP) is 1.58. The third-order valence-electron chi connectivity index (χ3n) is 2.71. The van der Waals surface area contributed by atoms with Crippen molar-refractivity contribution in [3.05, 3.63) is 36.5 Å². The van der Waals surface area contributed by atoms with Gasteiger partial charge in [-0.15, -0.1) is 0 Å². The fourth-order valence-electron chi connectivity index (χ4n) is 1.72. The van der Waals surface area contributed by atoms with Crippen molar-refractivity contribution < 1.29 is 4.42 Å². The molecule has 0 saturated carbocycles. The van der Waals surface area contributed by atoms with E-state index in [2.05, 4.69) is 16.9 Å². The van der Waals surface area contributed by atoms with E-state index >= 15 is 0 Å². The molecule has 2 rings (SSSR count). The lowest BCUT2D eigenvalue weighted by molar-refractivity contribution is 0.242. The molecule has 0 amide bonds. The van der Waals surface area contributed by atoms with E-state index in [9.17, 15) is 0 Å². The van der Waals surface area contributed by atoms with Crippen LogP contribution in [0.4, 0.5) is 5.69 Å². The molecule has 0 bridgehead atoms. The number of aromatic nitrogens is 2. The maximum Gasteiger partial charge on any atom is 0.117 e. The molecule has 2 N–H and O–H groups in total. The molecule has 0 fully saturated rings. The summed E-state index contributed by atoms with van der Waals surface area (Å²) in [6.07, 6.45) is 5.22. The van der Waals surface area contributed by atoms with E-state index in [1.807, 2.05) is 23.0 Å². The molecule has 0 aliphatic heterocycles. The van der Waals surface area contributed by atoms with Crippen molar-refractivity contribution in [3.8, 4) is 0 Å². The highest BCUT2D eigenvalue weighted by Crippen LogP contribution is 2.05. The number of nitrogen functional groups attached to an aromatic ring is 1. The standard InChI is InChI=1S/C12H18N4O/c1-2-15(10-12-4-3-7-17-12)5-6-16-9-11(13)8-14-16/h3-4,7-9H,2,5-6,10,13H2,1H3. The Balaban J connectivity index is 1.83. The van der Waals surface area contributed by atoms with Gasteiger partial charge in [-0.2, -0.15) is 5.10 Å². The van der Waals surface area contributed by atoms with Gasteiger partial charge in [-0.25, -0.2) is 0 Å². The van der Waals surface area contributed by atoms with Crippen molar-refractivity contribution >= 4 is 5.69 Å². The number of likely N-dealkylation sites (N-methyl/N-ethyl adjacent to an activating group) is 1. The normalized spacial score (nSPS) is 11.2. The van der Waals surface area contributed by atoms with Gasteiger partial charge in [0.25, 0.3) is 0 Å². The number of nitrogens with two attached hydrogens (primary N) is 1. The van der Waals surface area contributed by atoms with Crippen molar-refractivity contribution in [3.63, 3.8) is 0 Å². The number of nitrogens with zero attached hydrogens (tertiary/aromatic N) is 3. The first-order valence-corrected chi connectivity index (χ1v) is 5.80. The number of hydrogen-bond acceptors (Lipinski definition) is 4. The lowest BCUT2D eigenvalue weighted by Gasteiger charge is -2.18. The highest BCUT2D eigenvalue weighted by Gasteiger charge is 2.06. The van der Waals surface area contributed by atoms with Crippen LogP contribution in [0.2, 0.25) is 0 Å². The molecular formula is C12H18N4O. The molecule has 5 nitrogen and oxygen atoms in total. The van der Waals surface area contributed by atoms with Gasteiger partial charge in [-0.3, -0.25) is 9.58 Å². The van der Waals surface area contributed by atoms with Crippen LogP contribution in [0.1, 0.15) is 12.7 Å². The number of furan rings is 1. The molecule has 0 saturated heterocycles. The molecule has 0 aromatic carbocycles. The quantitative estimate of drug-likeness (QED) is 0.824. The second kappa shape index (κ2) is 5.54. The van der Waals surface area contributed by atoms with E-state index in [-0.39, 0.29) is 0 Å². The van der Waals surface area contributed by atoms with Crippen LogP contribution in [-0.4, -0.2) is 27.8 Å². The van der Waals surface area contributed by atoms with Crippen LogP contribution >= 0.6 is 0 Å². The second-order valence-corrected chi connectivity index (χ2v) is 3.98. The van der Waals surface area contributed by atoms with Crippen molar-refractivity contribution in [2.75, 3.05) is 18.8 Å². The molecular weight excluding hydrogens is 216 g/mol. The summed E-state index contributed by atoms with van der Waals surface area (Å²) >= 11 is 0. The van der Waals surface area contributed by atoms with Crippen LogP contribution in [0, 0.1) is 0 Å². The van der Waals surface area contributed by atoms with Crippen LogP contribution < -0.4 is 5.73 Å². The lowest BCUT2D eigenvalue weighted by atomic mass is 10.4. The van der Waals surface area contributed by atoms with Gasteiger partial charge >= 0.3 is 0 Å². The summed E-state index contributed by atoms with van der Waals surface area (Å²) in [7, 11) is 0. The zero-order valence-electron chi connectivity index (χ0n) is 10.0. The van der Waals surface area contributed by atoms with Gasteiger partial charge in [0.1, 0.15) is 5.76 Å². The maximum absolute atomic E-state index is 5.62. The fraction of sp³-hybridized carbons (Fsp3) is 0.417. The molecule has 2 heterocycles. The number of anilines is 1. The van der Waals surface area contributed by atoms with E-state index < -0.39 is 0 Å². The summed E-state index contributed by atoms with van der Waals surface area (Å²) in [6, 6.07) is 3.91. The molecule has 0 atom stereocenters. The van der Waals surface area contributed by atoms with E-state index in [1.54, 1.807) is 12.5 Å². The molecule has 92 valence electrons. The van der Waals surface area contributed by atoms with Gasteiger partial charge in [0.05, 0.1) is 31.2 Å². The van der Waals surface area contributed by atoms with E-state index in [0.29, 0.717) is 5.69 Å². The Morgan fingerprint density at radius 3 is 3.00 bits per heavy atom. The summed E-state index contributed by atoms with van der Waals surface area (Å²) in [5.41, 5.74) is 6.32. The van der Waals surface area contributed by atoms with Gasteiger partial charge in [0.15, 0.2) is 0 Å². The maximum atomic E-state index is 5.62. The first-order chi connectivity index (χ1) is 8.28. The summed E-state index contributed by atoms with van der Waals surface area (Å²) < 4.78 is 7.20. The number of rotatable bonds is 6. The number of hydrogen-bond donors (Lipinski definition) is 1. The summed E-state index contributed by atoms with van der Waals surface area (Å²) in [5, 5.41) is 4.16. The zero-order valence-corrected chi connectivity index (χ0v) is 10.0. The Morgan fingerprint density at radius 1 is 1.53 bits per heavy atom. The van der Waals surface area contributed by atoms with E-state index in [0.717, 1.165) is 31.9 Å². The highest BCUT2D eigenvalue weighted by atomic mass is 16.3. The monoisotopic (exact) mass is 234 g/mol. The molecule has 5 heteroatoms. The van der Waals surface area contributed by atoms with Gasteiger partial charge in [0.2, 0.25) is 0 Å². The van der Waals surface area contributed by atoms with Crippen LogP contribution in [0.5, 0.6) is 0 Å². The Bertz CT molecular complexity index is 435. The third kappa shape index (κ3) is 3.35.